The van der Waals surface area contributed by atoms with E-state index in [-0.39, 0.29) is 10.2 Å². The van der Waals surface area contributed by atoms with Crippen molar-refractivity contribution in [1.82, 2.24) is 0 Å². The van der Waals surface area contributed by atoms with Crippen LogP contribution >= 0.6 is 15.9 Å². The molecule has 1 aliphatic rings. The number of hydrogen-bond donors (Lipinski definition) is 0. The lowest BCUT2D eigenvalue weighted by Crippen LogP contribution is -2.19. The Balaban J connectivity index is 2.51. The molecule has 0 atom stereocenters. The summed E-state index contributed by atoms with van der Waals surface area (Å²) in [6.07, 6.45) is -0.400. The first-order valence-corrected chi connectivity index (χ1v) is 5.27. The zero-order chi connectivity index (χ0) is 11.8. The average Bonchev–Trinajstić information content (AvgIpc) is 2.28. The first-order valence-electron chi connectivity index (χ1n) is 4.48. The zero-order valence-electron chi connectivity index (χ0n) is 8.00. The smallest absolute Gasteiger partial charge is 0.328 e. The Morgan fingerprint density at radius 2 is 1.81 bits per heavy atom. The number of fused-ring (bicyclic) bond motifs is 1. The number of ether oxygens (including phenoxy) is 2. The molecule has 0 spiro atoms. The second-order valence-electron chi connectivity index (χ2n) is 3.22. The maximum absolute atomic E-state index is 13.2. The van der Waals surface area contributed by atoms with Crippen LogP contribution in [-0.2, 0) is 10.7 Å². The molecule has 1 aliphatic heterocycles. The van der Waals surface area contributed by atoms with Crippen LogP contribution < -0.4 is 9.47 Å². The lowest BCUT2D eigenvalue weighted by atomic mass is 10.1. The number of benzene rings is 1. The quantitative estimate of drug-likeness (QED) is 0.786. The molecule has 3 nitrogen and oxygen atoms in total. The van der Waals surface area contributed by atoms with E-state index >= 15 is 0 Å². The van der Waals surface area contributed by atoms with E-state index in [0.717, 1.165) is 6.07 Å². The minimum Gasteiger partial charge on any atom is -0.486 e. The van der Waals surface area contributed by atoms with Crippen molar-refractivity contribution >= 4 is 22.2 Å². The molecule has 6 heteroatoms. The normalized spacial score (nSPS) is 14.7. The summed E-state index contributed by atoms with van der Waals surface area (Å²) in [5.41, 5.74) is -0.424. The second kappa shape index (κ2) is 4.01. The summed E-state index contributed by atoms with van der Waals surface area (Å²) < 4.78 is 36.9. The summed E-state index contributed by atoms with van der Waals surface area (Å²) >= 11 is 2.98. The van der Waals surface area contributed by atoms with Gasteiger partial charge in [0.05, 0.1) is 0 Å². The van der Waals surface area contributed by atoms with Crippen LogP contribution in [0, 0.1) is 0 Å². The lowest BCUT2D eigenvalue weighted by Gasteiger charge is -2.21. The monoisotopic (exact) mass is 292 g/mol. The molecule has 0 N–H and O–H groups in total. The first-order chi connectivity index (χ1) is 7.54. The molecule has 1 aromatic rings. The van der Waals surface area contributed by atoms with Crippen LogP contribution in [0.3, 0.4) is 0 Å². The maximum atomic E-state index is 13.2. The Hall–Kier alpha value is -1.17. The highest BCUT2D eigenvalue weighted by Gasteiger charge is 2.34. The molecule has 0 radical (unpaired) electrons. The fourth-order valence-electron chi connectivity index (χ4n) is 1.38. The molecule has 86 valence electrons. The van der Waals surface area contributed by atoms with Crippen LogP contribution in [0.1, 0.15) is 5.56 Å². The topological polar surface area (TPSA) is 35.5 Å². The number of carbonyl (C=O) groups is 1. The molecule has 1 aromatic carbocycles. The van der Waals surface area contributed by atoms with Crippen LogP contribution in [0.2, 0.25) is 0 Å². The van der Waals surface area contributed by atoms with Crippen LogP contribution in [0.4, 0.5) is 8.78 Å². The van der Waals surface area contributed by atoms with Crippen LogP contribution in [0.25, 0.3) is 0 Å². The molecule has 1 heterocycles. The number of halogens is 3. The summed E-state index contributed by atoms with van der Waals surface area (Å²) in [4.78, 5) is 10.3. The lowest BCUT2D eigenvalue weighted by molar-refractivity contribution is -0.130. The van der Waals surface area contributed by atoms with E-state index in [1.807, 2.05) is 0 Å². The maximum Gasteiger partial charge on any atom is 0.328 e. The molecular formula is C10H7BrF2O3. The Labute approximate surface area is 98.5 Å². The van der Waals surface area contributed by atoms with Gasteiger partial charge < -0.3 is 9.47 Å². The van der Waals surface area contributed by atoms with Crippen LogP contribution in [-0.4, -0.2) is 19.5 Å². The van der Waals surface area contributed by atoms with Gasteiger partial charge in [-0.05, 0) is 12.1 Å². The van der Waals surface area contributed by atoms with Crippen molar-refractivity contribution in [3.63, 3.8) is 0 Å². The number of hydrogen-bond acceptors (Lipinski definition) is 3. The fraction of sp³-hybridized carbons (Fsp3) is 0.300. The van der Waals surface area contributed by atoms with E-state index in [9.17, 15) is 13.6 Å². The summed E-state index contributed by atoms with van der Waals surface area (Å²) in [6, 6.07) is 2.49. The van der Waals surface area contributed by atoms with Crippen LogP contribution in [0.5, 0.6) is 11.5 Å². The molecule has 0 fully saturated rings. The van der Waals surface area contributed by atoms with Gasteiger partial charge in [-0.1, -0.05) is 15.9 Å². The van der Waals surface area contributed by atoms with E-state index in [1.165, 1.54) is 6.07 Å². The molecular weight excluding hydrogens is 286 g/mol. The zero-order valence-corrected chi connectivity index (χ0v) is 9.59. The third-order valence-corrected chi connectivity index (χ3v) is 2.80. The van der Waals surface area contributed by atoms with E-state index in [4.69, 9.17) is 9.47 Å². The van der Waals surface area contributed by atoms with Crippen molar-refractivity contribution in [3.8, 4) is 11.5 Å². The Morgan fingerprint density at radius 1 is 1.25 bits per heavy atom. The molecule has 0 aromatic heterocycles. The largest absolute Gasteiger partial charge is 0.486 e. The Morgan fingerprint density at radius 3 is 2.38 bits per heavy atom. The van der Waals surface area contributed by atoms with Crippen molar-refractivity contribution in [1.29, 1.82) is 0 Å². The van der Waals surface area contributed by atoms with Crippen LogP contribution in [0.15, 0.2) is 16.6 Å². The third-order valence-electron chi connectivity index (χ3n) is 2.14. The van der Waals surface area contributed by atoms with Crippen molar-refractivity contribution < 1.29 is 23.0 Å². The highest BCUT2D eigenvalue weighted by molar-refractivity contribution is 9.10. The Bertz CT molecular complexity index is 434. The van der Waals surface area contributed by atoms with E-state index in [1.54, 1.807) is 0 Å². The molecule has 0 aliphatic carbocycles. The molecule has 2 rings (SSSR count). The molecule has 0 saturated heterocycles. The van der Waals surface area contributed by atoms with Gasteiger partial charge in [-0.15, -0.1) is 0 Å². The minimum atomic E-state index is -3.53. The molecule has 0 amide bonds. The van der Waals surface area contributed by atoms with Gasteiger partial charge in [0.25, 0.3) is 0 Å². The molecule has 0 saturated carbocycles. The second-order valence-corrected chi connectivity index (χ2v) is 4.07. The van der Waals surface area contributed by atoms with Gasteiger partial charge in [0, 0.05) is 10.0 Å². The number of rotatable bonds is 2. The van der Waals surface area contributed by atoms with Gasteiger partial charge in [0.15, 0.2) is 17.8 Å². The van der Waals surface area contributed by atoms with Gasteiger partial charge >= 0.3 is 5.92 Å². The van der Waals surface area contributed by atoms with Crippen molar-refractivity contribution in [2.45, 2.75) is 5.92 Å². The van der Waals surface area contributed by atoms with Crippen molar-refractivity contribution in [2.24, 2.45) is 0 Å². The van der Waals surface area contributed by atoms with Crippen molar-refractivity contribution in [2.75, 3.05) is 13.2 Å². The van der Waals surface area contributed by atoms with E-state index in [0.29, 0.717) is 19.0 Å². The average molecular weight is 293 g/mol. The summed E-state index contributed by atoms with van der Waals surface area (Å²) in [5.74, 6) is -2.91. The molecule has 0 bridgehead atoms. The van der Waals surface area contributed by atoms with E-state index < -0.39 is 17.8 Å². The minimum absolute atomic E-state index is 0.119. The highest BCUT2D eigenvalue weighted by atomic mass is 79.9. The third kappa shape index (κ3) is 1.89. The summed E-state index contributed by atoms with van der Waals surface area (Å²) in [7, 11) is 0. The number of alkyl halides is 2. The van der Waals surface area contributed by atoms with Gasteiger partial charge in [0.1, 0.15) is 13.2 Å². The fourth-order valence-corrected chi connectivity index (χ4v) is 1.97. The highest BCUT2D eigenvalue weighted by Crippen LogP contribution is 2.40. The van der Waals surface area contributed by atoms with Gasteiger partial charge in [0.2, 0.25) is 0 Å². The SMILES string of the molecule is O=CC(F)(F)c1cc2c(cc1Br)OCCO2. The molecule has 16 heavy (non-hydrogen) atoms. The Kier molecular flexibility index (Phi) is 2.84. The predicted molar refractivity (Wildman–Crippen MR) is 55.1 cm³/mol. The van der Waals surface area contributed by atoms with Gasteiger partial charge in [-0.25, -0.2) is 0 Å². The number of carbonyl (C=O) groups excluding carboxylic acids is 1. The van der Waals surface area contributed by atoms with Gasteiger partial charge in [-0.2, -0.15) is 8.78 Å². The van der Waals surface area contributed by atoms with Gasteiger partial charge in [-0.3, -0.25) is 4.79 Å². The number of aldehydes is 1. The summed E-state index contributed by atoms with van der Waals surface area (Å²) in [6.45, 7) is 0.684. The first kappa shape index (κ1) is 11.3. The van der Waals surface area contributed by atoms with Crippen molar-refractivity contribution in [3.05, 3.63) is 22.2 Å². The predicted octanol–water partition coefficient (Wildman–Crippen LogP) is 2.51. The van der Waals surface area contributed by atoms with E-state index in [2.05, 4.69) is 15.9 Å². The summed E-state index contributed by atoms with van der Waals surface area (Å²) in [5, 5.41) is 0. The molecule has 0 unspecified atom stereocenters. The standard InChI is InChI=1S/C10H7BrF2O3/c11-7-4-9-8(15-1-2-16-9)3-6(7)10(12,13)5-14/h3-5H,1-2H2.